The third-order valence-corrected chi connectivity index (χ3v) is 3.42. The molecule has 1 rings (SSSR count). The van der Waals surface area contributed by atoms with Gasteiger partial charge in [-0.05, 0) is 17.7 Å². The number of hydrogen-bond acceptors (Lipinski definition) is 2. The molecular weight excluding hydrogens is 270 g/mol. The lowest BCUT2D eigenvalue weighted by Gasteiger charge is -2.03. The van der Waals surface area contributed by atoms with Crippen molar-refractivity contribution < 1.29 is 0 Å². The molecule has 0 aliphatic rings. The van der Waals surface area contributed by atoms with Crippen LogP contribution in [0.3, 0.4) is 0 Å². The van der Waals surface area contributed by atoms with Crippen molar-refractivity contribution in [2.75, 3.05) is 12.3 Å². The molecule has 0 aliphatic heterocycles. The van der Waals surface area contributed by atoms with Crippen LogP contribution in [-0.2, 0) is 5.75 Å². The average molecular weight is 281 g/mol. The molecule has 4 heteroatoms. The van der Waals surface area contributed by atoms with Crippen molar-refractivity contribution in [3.63, 3.8) is 0 Å². The molecule has 0 aromatic heterocycles. The maximum absolute atomic E-state index is 6.03. The van der Waals surface area contributed by atoms with Gasteiger partial charge in [-0.25, -0.2) is 0 Å². The summed E-state index contributed by atoms with van der Waals surface area (Å²) in [4.78, 5) is 0. The molecule has 0 bridgehead atoms. The first-order valence-corrected chi connectivity index (χ1v) is 6.28. The van der Waals surface area contributed by atoms with E-state index in [2.05, 4.69) is 15.9 Å². The third-order valence-electron chi connectivity index (χ3n) is 1.53. The Morgan fingerprint density at radius 3 is 2.85 bits per heavy atom. The standard InChI is InChI=1S/C9H11BrClNS/c10-8-2-1-7(9(11)5-8)6-13-4-3-12/h1-2,5H,3-4,6,12H2. The van der Waals surface area contributed by atoms with Gasteiger partial charge in [-0.1, -0.05) is 33.6 Å². The summed E-state index contributed by atoms with van der Waals surface area (Å²) in [6.45, 7) is 0.721. The summed E-state index contributed by atoms with van der Waals surface area (Å²) >= 11 is 11.2. The molecule has 0 fully saturated rings. The van der Waals surface area contributed by atoms with Crippen LogP contribution in [0.5, 0.6) is 0 Å². The molecule has 0 heterocycles. The average Bonchev–Trinajstić information content (AvgIpc) is 2.09. The second-order valence-electron chi connectivity index (χ2n) is 2.58. The zero-order valence-corrected chi connectivity index (χ0v) is 10.3. The number of hydrogen-bond donors (Lipinski definition) is 1. The van der Waals surface area contributed by atoms with Crippen molar-refractivity contribution in [3.05, 3.63) is 33.3 Å². The molecule has 0 radical (unpaired) electrons. The summed E-state index contributed by atoms with van der Waals surface area (Å²) < 4.78 is 1.02. The van der Waals surface area contributed by atoms with E-state index in [4.69, 9.17) is 17.3 Å². The van der Waals surface area contributed by atoms with E-state index in [1.165, 1.54) is 5.56 Å². The summed E-state index contributed by atoms with van der Waals surface area (Å²) in [5, 5.41) is 0.818. The molecule has 0 spiro atoms. The van der Waals surface area contributed by atoms with Crippen LogP contribution in [0.15, 0.2) is 22.7 Å². The van der Waals surface area contributed by atoms with E-state index in [0.29, 0.717) is 0 Å². The van der Waals surface area contributed by atoms with E-state index in [-0.39, 0.29) is 0 Å². The molecule has 72 valence electrons. The Morgan fingerprint density at radius 1 is 1.46 bits per heavy atom. The predicted molar refractivity (Wildman–Crippen MR) is 64.4 cm³/mol. The third kappa shape index (κ3) is 3.90. The number of nitrogens with two attached hydrogens (primary N) is 1. The van der Waals surface area contributed by atoms with Gasteiger partial charge in [0.1, 0.15) is 0 Å². The van der Waals surface area contributed by atoms with E-state index in [9.17, 15) is 0 Å². The second-order valence-corrected chi connectivity index (χ2v) is 5.01. The molecule has 0 aliphatic carbocycles. The fraction of sp³-hybridized carbons (Fsp3) is 0.333. The summed E-state index contributed by atoms with van der Waals surface area (Å²) in [5.74, 6) is 1.91. The molecule has 0 saturated heterocycles. The van der Waals surface area contributed by atoms with E-state index in [1.807, 2.05) is 18.2 Å². The Balaban J connectivity index is 2.56. The van der Waals surface area contributed by atoms with Crippen molar-refractivity contribution in [2.45, 2.75) is 5.75 Å². The van der Waals surface area contributed by atoms with E-state index < -0.39 is 0 Å². The van der Waals surface area contributed by atoms with Crippen LogP contribution in [0, 0.1) is 0 Å². The van der Waals surface area contributed by atoms with Crippen LogP contribution < -0.4 is 5.73 Å². The highest BCUT2D eigenvalue weighted by molar-refractivity contribution is 9.10. The topological polar surface area (TPSA) is 26.0 Å². The van der Waals surface area contributed by atoms with Crippen LogP contribution in [0.4, 0.5) is 0 Å². The summed E-state index contributed by atoms with van der Waals surface area (Å²) in [6, 6.07) is 5.96. The van der Waals surface area contributed by atoms with Gasteiger partial charge in [0, 0.05) is 27.5 Å². The van der Waals surface area contributed by atoms with E-state index in [1.54, 1.807) is 11.8 Å². The van der Waals surface area contributed by atoms with Crippen molar-refractivity contribution in [1.82, 2.24) is 0 Å². The fourth-order valence-corrected chi connectivity index (χ4v) is 2.51. The second kappa shape index (κ2) is 5.91. The lowest BCUT2D eigenvalue weighted by Crippen LogP contribution is -2.01. The summed E-state index contributed by atoms with van der Waals surface area (Å²) in [5.41, 5.74) is 6.56. The largest absolute Gasteiger partial charge is 0.330 e. The highest BCUT2D eigenvalue weighted by atomic mass is 79.9. The molecule has 0 atom stereocenters. The Kier molecular flexibility index (Phi) is 5.17. The van der Waals surface area contributed by atoms with Gasteiger partial charge in [-0.2, -0.15) is 11.8 Å². The van der Waals surface area contributed by atoms with Gasteiger partial charge in [0.05, 0.1) is 0 Å². The quantitative estimate of drug-likeness (QED) is 0.857. The molecule has 1 nitrogen and oxygen atoms in total. The van der Waals surface area contributed by atoms with Crippen molar-refractivity contribution >= 4 is 39.3 Å². The Bertz CT molecular complexity index is 280. The van der Waals surface area contributed by atoms with Gasteiger partial charge in [0.2, 0.25) is 0 Å². The van der Waals surface area contributed by atoms with Crippen molar-refractivity contribution in [2.24, 2.45) is 5.73 Å². The van der Waals surface area contributed by atoms with Crippen LogP contribution in [0.25, 0.3) is 0 Å². The van der Waals surface area contributed by atoms with Crippen LogP contribution in [0.2, 0.25) is 5.02 Å². The molecule has 13 heavy (non-hydrogen) atoms. The number of rotatable bonds is 4. The van der Waals surface area contributed by atoms with Crippen molar-refractivity contribution in [1.29, 1.82) is 0 Å². The Morgan fingerprint density at radius 2 is 2.23 bits per heavy atom. The van der Waals surface area contributed by atoms with Crippen LogP contribution >= 0.6 is 39.3 Å². The Hall–Kier alpha value is 0.300. The number of benzene rings is 1. The SMILES string of the molecule is NCCSCc1ccc(Br)cc1Cl. The van der Waals surface area contributed by atoms with Gasteiger partial charge >= 0.3 is 0 Å². The number of halogens is 2. The predicted octanol–water partition coefficient (Wildman–Crippen LogP) is 3.29. The minimum Gasteiger partial charge on any atom is -0.330 e. The maximum Gasteiger partial charge on any atom is 0.0457 e. The highest BCUT2D eigenvalue weighted by Gasteiger charge is 2.00. The molecule has 0 saturated carbocycles. The van der Waals surface area contributed by atoms with E-state index >= 15 is 0 Å². The molecular formula is C9H11BrClNS. The molecule has 0 unspecified atom stereocenters. The van der Waals surface area contributed by atoms with Gasteiger partial charge < -0.3 is 5.73 Å². The molecule has 2 N–H and O–H groups in total. The minimum atomic E-state index is 0.721. The van der Waals surface area contributed by atoms with Gasteiger partial charge in [-0.15, -0.1) is 0 Å². The van der Waals surface area contributed by atoms with E-state index in [0.717, 1.165) is 27.5 Å². The minimum absolute atomic E-state index is 0.721. The zero-order chi connectivity index (χ0) is 9.68. The van der Waals surface area contributed by atoms with Gasteiger partial charge in [0.15, 0.2) is 0 Å². The molecule has 1 aromatic rings. The monoisotopic (exact) mass is 279 g/mol. The molecule has 1 aromatic carbocycles. The lowest BCUT2D eigenvalue weighted by atomic mass is 10.2. The highest BCUT2D eigenvalue weighted by Crippen LogP contribution is 2.24. The van der Waals surface area contributed by atoms with Crippen LogP contribution in [-0.4, -0.2) is 12.3 Å². The summed E-state index contributed by atoms with van der Waals surface area (Å²) in [6.07, 6.45) is 0. The van der Waals surface area contributed by atoms with Crippen molar-refractivity contribution in [3.8, 4) is 0 Å². The smallest absolute Gasteiger partial charge is 0.0457 e. The number of thioether (sulfide) groups is 1. The molecule has 0 amide bonds. The zero-order valence-electron chi connectivity index (χ0n) is 7.09. The van der Waals surface area contributed by atoms with Crippen LogP contribution in [0.1, 0.15) is 5.56 Å². The Labute approximate surface area is 96.2 Å². The first-order chi connectivity index (χ1) is 6.24. The lowest BCUT2D eigenvalue weighted by molar-refractivity contribution is 1.15. The fourth-order valence-electron chi connectivity index (χ4n) is 0.904. The summed E-state index contributed by atoms with van der Waals surface area (Å²) in [7, 11) is 0. The maximum atomic E-state index is 6.03. The normalized spacial score (nSPS) is 10.4. The van der Waals surface area contributed by atoms with Gasteiger partial charge in [-0.3, -0.25) is 0 Å². The first-order valence-electron chi connectivity index (χ1n) is 3.96. The van der Waals surface area contributed by atoms with Gasteiger partial charge in [0.25, 0.3) is 0 Å². The first kappa shape index (κ1) is 11.4.